The fourth-order valence-electron chi connectivity index (χ4n) is 1.95. The first-order chi connectivity index (χ1) is 7.20. The molecular formula is C12H23NO3. The Balaban J connectivity index is 2.49. The number of amides is 1. The minimum atomic E-state index is -0.452. The highest BCUT2D eigenvalue weighted by Crippen LogP contribution is 2.37. The lowest BCUT2D eigenvalue weighted by molar-refractivity contribution is -0.0890. The van der Waals surface area contributed by atoms with E-state index in [0.29, 0.717) is 13.1 Å². The molecule has 94 valence electrons. The molecule has 1 amide bonds. The zero-order valence-electron chi connectivity index (χ0n) is 10.9. The molecule has 1 rings (SSSR count). The third kappa shape index (κ3) is 2.67. The number of likely N-dealkylation sites (tertiary alicyclic amines) is 1. The fourth-order valence-corrected chi connectivity index (χ4v) is 1.95. The van der Waals surface area contributed by atoms with Gasteiger partial charge >= 0.3 is 6.09 Å². The number of ether oxygens (including phenoxy) is 1. The molecular weight excluding hydrogens is 206 g/mol. The van der Waals surface area contributed by atoms with Gasteiger partial charge in [0.2, 0.25) is 0 Å². The summed E-state index contributed by atoms with van der Waals surface area (Å²) < 4.78 is 5.26. The van der Waals surface area contributed by atoms with Crippen LogP contribution in [0.4, 0.5) is 4.79 Å². The van der Waals surface area contributed by atoms with E-state index in [1.54, 1.807) is 11.8 Å². The van der Waals surface area contributed by atoms with Gasteiger partial charge in [-0.3, -0.25) is 0 Å². The van der Waals surface area contributed by atoms with Crippen LogP contribution in [0.2, 0.25) is 0 Å². The lowest BCUT2D eigenvalue weighted by Gasteiger charge is -2.51. The molecule has 1 unspecified atom stereocenters. The van der Waals surface area contributed by atoms with Crippen LogP contribution in [0.15, 0.2) is 0 Å². The molecule has 0 spiro atoms. The molecule has 0 bridgehead atoms. The van der Waals surface area contributed by atoms with E-state index in [2.05, 4.69) is 0 Å². The smallest absolute Gasteiger partial charge is 0.410 e. The summed E-state index contributed by atoms with van der Waals surface area (Å²) in [4.78, 5) is 13.3. The first kappa shape index (κ1) is 13.3. The number of aliphatic hydroxyl groups excluding tert-OH is 1. The second kappa shape index (κ2) is 4.24. The number of hydrogen-bond acceptors (Lipinski definition) is 3. The lowest BCUT2D eigenvalue weighted by atomic mass is 9.73. The summed E-state index contributed by atoms with van der Waals surface area (Å²) in [7, 11) is 0. The van der Waals surface area contributed by atoms with E-state index in [9.17, 15) is 9.90 Å². The summed E-state index contributed by atoms with van der Waals surface area (Å²) >= 11 is 0. The van der Waals surface area contributed by atoms with Crippen LogP contribution in [-0.2, 0) is 4.74 Å². The molecule has 0 aromatic rings. The molecule has 4 heteroatoms. The summed E-state index contributed by atoms with van der Waals surface area (Å²) in [6.07, 6.45) is 0.220. The van der Waals surface area contributed by atoms with Gasteiger partial charge in [0.05, 0.1) is 6.10 Å². The van der Waals surface area contributed by atoms with Crippen LogP contribution < -0.4 is 0 Å². The Bertz CT molecular complexity index is 262. The monoisotopic (exact) mass is 229 g/mol. The number of hydrogen-bond donors (Lipinski definition) is 1. The van der Waals surface area contributed by atoms with Crippen molar-refractivity contribution in [2.75, 3.05) is 13.1 Å². The Morgan fingerprint density at radius 1 is 1.50 bits per heavy atom. The molecule has 1 fully saturated rings. The Hall–Kier alpha value is -0.770. The van der Waals surface area contributed by atoms with E-state index in [1.165, 1.54) is 0 Å². The average Bonchev–Trinajstić information content (AvgIpc) is 1.98. The van der Waals surface area contributed by atoms with E-state index >= 15 is 0 Å². The number of rotatable bonds is 2. The van der Waals surface area contributed by atoms with Crippen molar-refractivity contribution in [3.05, 3.63) is 0 Å². The summed E-state index contributed by atoms with van der Waals surface area (Å²) in [6.45, 7) is 10.6. The van der Waals surface area contributed by atoms with E-state index < -0.39 is 5.60 Å². The van der Waals surface area contributed by atoms with Crippen molar-refractivity contribution in [1.29, 1.82) is 0 Å². The van der Waals surface area contributed by atoms with Crippen LogP contribution in [0.1, 0.15) is 41.0 Å². The van der Waals surface area contributed by atoms with Crippen LogP contribution >= 0.6 is 0 Å². The second-order valence-corrected chi connectivity index (χ2v) is 5.73. The standard InChI is InChI=1S/C12H23NO3/c1-6-12(9(2)14)7-13(8-12)10(15)16-11(3,4)5/h9,14H,6-8H2,1-5H3. The largest absolute Gasteiger partial charge is 0.444 e. The van der Waals surface area contributed by atoms with Gasteiger partial charge in [-0.25, -0.2) is 4.79 Å². The van der Waals surface area contributed by atoms with Crippen LogP contribution in [0.3, 0.4) is 0 Å². The summed E-state index contributed by atoms with van der Waals surface area (Å²) in [5.74, 6) is 0. The SMILES string of the molecule is CCC1(C(C)O)CN(C(=O)OC(C)(C)C)C1. The topological polar surface area (TPSA) is 49.8 Å². The van der Waals surface area contributed by atoms with Crippen molar-refractivity contribution in [2.45, 2.75) is 52.7 Å². The molecule has 1 aliphatic heterocycles. The number of carbonyl (C=O) groups excluding carboxylic acids is 1. The Morgan fingerprint density at radius 3 is 2.31 bits per heavy atom. The minimum Gasteiger partial charge on any atom is -0.444 e. The van der Waals surface area contributed by atoms with Crippen molar-refractivity contribution in [3.8, 4) is 0 Å². The van der Waals surface area contributed by atoms with Gasteiger partial charge in [-0.15, -0.1) is 0 Å². The third-order valence-corrected chi connectivity index (χ3v) is 3.25. The van der Waals surface area contributed by atoms with E-state index in [1.807, 2.05) is 27.7 Å². The third-order valence-electron chi connectivity index (χ3n) is 3.25. The van der Waals surface area contributed by atoms with E-state index in [4.69, 9.17) is 4.74 Å². The van der Waals surface area contributed by atoms with Crippen LogP contribution in [0.25, 0.3) is 0 Å². The zero-order chi connectivity index (χ0) is 12.6. The molecule has 1 saturated heterocycles. The molecule has 4 nitrogen and oxygen atoms in total. The van der Waals surface area contributed by atoms with Gasteiger partial charge in [-0.2, -0.15) is 0 Å². The van der Waals surface area contributed by atoms with Gasteiger partial charge < -0.3 is 14.7 Å². The van der Waals surface area contributed by atoms with Crippen molar-refractivity contribution in [2.24, 2.45) is 5.41 Å². The summed E-state index contributed by atoms with van der Waals surface area (Å²) in [5.41, 5.74) is -0.580. The van der Waals surface area contributed by atoms with Gasteiger partial charge in [0.15, 0.2) is 0 Å². The molecule has 0 saturated carbocycles. The van der Waals surface area contributed by atoms with Gasteiger partial charge in [0.1, 0.15) is 5.60 Å². The fraction of sp³-hybridized carbons (Fsp3) is 0.917. The minimum absolute atomic E-state index is 0.128. The Kier molecular flexibility index (Phi) is 3.53. The summed E-state index contributed by atoms with van der Waals surface area (Å²) in [6, 6.07) is 0. The van der Waals surface area contributed by atoms with Gasteiger partial charge in [0.25, 0.3) is 0 Å². The second-order valence-electron chi connectivity index (χ2n) is 5.73. The first-order valence-electron chi connectivity index (χ1n) is 5.86. The Morgan fingerprint density at radius 2 is 2.00 bits per heavy atom. The van der Waals surface area contributed by atoms with Crippen molar-refractivity contribution in [3.63, 3.8) is 0 Å². The van der Waals surface area contributed by atoms with Gasteiger partial charge in [-0.1, -0.05) is 6.92 Å². The normalized spacial score (nSPS) is 21.2. The molecule has 1 atom stereocenters. The highest BCUT2D eigenvalue weighted by atomic mass is 16.6. The quantitative estimate of drug-likeness (QED) is 0.788. The molecule has 0 aromatic heterocycles. The molecule has 0 aliphatic carbocycles. The summed E-state index contributed by atoms with van der Waals surface area (Å²) in [5, 5.41) is 9.68. The predicted octanol–water partition coefficient (Wildman–Crippen LogP) is 2.01. The van der Waals surface area contributed by atoms with Gasteiger partial charge in [-0.05, 0) is 34.1 Å². The van der Waals surface area contributed by atoms with Crippen LogP contribution in [-0.4, -0.2) is 40.9 Å². The maximum Gasteiger partial charge on any atom is 0.410 e. The first-order valence-corrected chi connectivity index (χ1v) is 5.86. The van der Waals surface area contributed by atoms with Crippen LogP contribution in [0.5, 0.6) is 0 Å². The van der Waals surface area contributed by atoms with E-state index in [0.717, 1.165) is 6.42 Å². The molecule has 1 aliphatic rings. The highest BCUT2D eigenvalue weighted by Gasteiger charge is 2.48. The molecule has 1 heterocycles. The molecule has 0 aromatic carbocycles. The average molecular weight is 229 g/mol. The maximum atomic E-state index is 11.7. The molecule has 0 radical (unpaired) electrons. The highest BCUT2D eigenvalue weighted by molar-refractivity contribution is 5.69. The predicted molar refractivity (Wildman–Crippen MR) is 62.2 cm³/mol. The maximum absolute atomic E-state index is 11.7. The van der Waals surface area contributed by atoms with E-state index in [-0.39, 0.29) is 17.6 Å². The number of carbonyl (C=O) groups is 1. The number of aliphatic hydroxyl groups is 1. The molecule has 16 heavy (non-hydrogen) atoms. The van der Waals surface area contributed by atoms with Crippen molar-refractivity contribution >= 4 is 6.09 Å². The Labute approximate surface area is 97.6 Å². The van der Waals surface area contributed by atoms with Crippen molar-refractivity contribution in [1.82, 2.24) is 4.90 Å². The zero-order valence-corrected chi connectivity index (χ0v) is 10.9. The number of nitrogens with zero attached hydrogens (tertiary/aromatic N) is 1. The van der Waals surface area contributed by atoms with Crippen LogP contribution in [0, 0.1) is 5.41 Å². The van der Waals surface area contributed by atoms with Crippen molar-refractivity contribution < 1.29 is 14.6 Å². The molecule has 1 N–H and O–H groups in total. The van der Waals surface area contributed by atoms with Gasteiger partial charge in [0, 0.05) is 18.5 Å². The lowest BCUT2D eigenvalue weighted by Crippen LogP contribution is -2.63.